The van der Waals surface area contributed by atoms with E-state index in [1.54, 1.807) is 0 Å². The predicted octanol–water partition coefficient (Wildman–Crippen LogP) is 2.96. The Bertz CT molecular complexity index is 616. The van der Waals surface area contributed by atoms with Crippen LogP contribution in [0.5, 0.6) is 0 Å². The fraction of sp³-hybridized carbons (Fsp3) is 0.375. The molecule has 122 valence electrons. The largest absolute Gasteiger partial charge is 0.354 e. The van der Waals surface area contributed by atoms with Gasteiger partial charge in [0.25, 0.3) is 0 Å². The van der Waals surface area contributed by atoms with Crippen molar-refractivity contribution in [3.63, 3.8) is 0 Å². The first-order chi connectivity index (χ1) is 11.3. The molecular formula is C16H23N7. The number of hydrazone groups is 1. The molecule has 1 aromatic heterocycles. The highest BCUT2D eigenvalue weighted by Crippen LogP contribution is 2.10. The molecule has 0 amide bonds. The summed E-state index contributed by atoms with van der Waals surface area (Å²) in [4.78, 5) is 12.9. The van der Waals surface area contributed by atoms with E-state index in [-0.39, 0.29) is 0 Å². The molecule has 2 aromatic rings. The first kappa shape index (κ1) is 16.7. The Labute approximate surface area is 136 Å². The van der Waals surface area contributed by atoms with Crippen LogP contribution >= 0.6 is 0 Å². The molecule has 0 atom stereocenters. The minimum absolute atomic E-state index is 0.411. The second-order valence-corrected chi connectivity index (χ2v) is 4.76. The lowest BCUT2D eigenvalue weighted by molar-refractivity contribution is 0.990. The summed E-state index contributed by atoms with van der Waals surface area (Å²) in [6, 6.07) is 10.0. The fourth-order valence-electron chi connectivity index (χ4n) is 2.00. The summed E-state index contributed by atoms with van der Waals surface area (Å²) in [7, 11) is 0. The number of hydrogen-bond acceptors (Lipinski definition) is 7. The molecule has 0 saturated heterocycles. The predicted molar refractivity (Wildman–Crippen MR) is 95.0 cm³/mol. The maximum Gasteiger partial charge on any atom is 0.250 e. The molecule has 0 aliphatic carbocycles. The quantitative estimate of drug-likeness (QED) is 0.513. The summed E-state index contributed by atoms with van der Waals surface area (Å²) in [6.07, 6.45) is 0.808. The zero-order valence-electron chi connectivity index (χ0n) is 13.8. The molecule has 0 fully saturated rings. The van der Waals surface area contributed by atoms with Gasteiger partial charge in [-0.1, -0.05) is 37.3 Å². The second kappa shape index (κ2) is 8.67. The van der Waals surface area contributed by atoms with Gasteiger partial charge in [-0.2, -0.15) is 20.1 Å². The van der Waals surface area contributed by atoms with Gasteiger partial charge in [0, 0.05) is 13.1 Å². The first-order valence-corrected chi connectivity index (χ1v) is 7.88. The van der Waals surface area contributed by atoms with Crippen LogP contribution in [0.15, 0.2) is 35.4 Å². The Kier molecular flexibility index (Phi) is 6.28. The Hall–Kier alpha value is -2.70. The number of aromatic nitrogens is 3. The van der Waals surface area contributed by atoms with Crippen molar-refractivity contribution in [1.82, 2.24) is 15.0 Å². The van der Waals surface area contributed by atoms with Crippen molar-refractivity contribution in [2.45, 2.75) is 27.2 Å². The average molecular weight is 313 g/mol. The summed E-state index contributed by atoms with van der Waals surface area (Å²) in [5, 5.41) is 10.6. The normalized spacial score (nSPS) is 11.2. The molecule has 0 aliphatic heterocycles. The molecule has 0 saturated carbocycles. The molecule has 7 nitrogen and oxygen atoms in total. The molecule has 0 radical (unpaired) electrons. The van der Waals surface area contributed by atoms with Gasteiger partial charge in [0.1, 0.15) is 0 Å². The number of rotatable bonds is 8. The van der Waals surface area contributed by atoms with E-state index in [0.717, 1.165) is 30.8 Å². The van der Waals surface area contributed by atoms with E-state index >= 15 is 0 Å². The van der Waals surface area contributed by atoms with Crippen LogP contribution in [0, 0.1) is 0 Å². The van der Waals surface area contributed by atoms with Crippen molar-refractivity contribution >= 4 is 23.6 Å². The van der Waals surface area contributed by atoms with Crippen molar-refractivity contribution in [2.24, 2.45) is 5.10 Å². The lowest BCUT2D eigenvalue weighted by Crippen LogP contribution is -2.11. The fourth-order valence-corrected chi connectivity index (χ4v) is 2.00. The van der Waals surface area contributed by atoms with Crippen molar-refractivity contribution in [3.05, 3.63) is 35.9 Å². The van der Waals surface area contributed by atoms with Gasteiger partial charge >= 0.3 is 0 Å². The number of nitrogens with one attached hydrogen (secondary N) is 3. The molecule has 1 heterocycles. The van der Waals surface area contributed by atoms with E-state index in [9.17, 15) is 0 Å². The van der Waals surface area contributed by atoms with Crippen molar-refractivity contribution in [2.75, 3.05) is 29.1 Å². The van der Waals surface area contributed by atoms with Crippen molar-refractivity contribution in [1.29, 1.82) is 0 Å². The Balaban J connectivity index is 2.22. The number of anilines is 3. The molecule has 3 N–H and O–H groups in total. The Morgan fingerprint density at radius 1 is 0.870 bits per heavy atom. The highest BCUT2D eigenvalue weighted by atomic mass is 15.4. The summed E-state index contributed by atoms with van der Waals surface area (Å²) in [5.74, 6) is 1.46. The van der Waals surface area contributed by atoms with E-state index in [4.69, 9.17) is 0 Å². The number of nitrogens with zero attached hydrogens (tertiary/aromatic N) is 4. The zero-order valence-corrected chi connectivity index (χ0v) is 13.8. The molecular weight excluding hydrogens is 290 g/mol. The third kappa shape index (κ3) is 4.91. The van der Waals surface area contributed by atoms with Gasteiger partial charge < -0.3 is 10.6 Å². The van der Waals surface area contributed by atoms with Gasteiger partial charge in [0.2, 0.25) is 17.8 Å². The summed E-state index contributed by atoms with van der Waals surface area (Å²) in [5.41, 5.74) is 4.96. The minimum atomic E-state index is 0.411. The van der Waals surface area contributed by atoms with Crippen LogP contribution in [-0.2, 0) is 0 Å². The molecule has 0 unspecified atom stereocenters. The molecule has 0 spiro atoms. The Morgan fingerprint density at radius 2 is 1.43 bits per heavy atom. The van der Waals surface area contributed by atoms with Crippen molar-refractivity contribution < 1.29 is 0 Å². The van der Waals surface area contributed by atoms with Crippen molar-refractivity contribution in [3.8, 4) is 0 Å². The van der Waals surface area contributed by atoms with Gasteiger partial charge in [0.15, 0.2) is 0 Å². The molecule has 23 heavy (non-hydrogen) atoms. The lowest BCUT2D eigenvalue weighted by atomic mass is 10.1. The molecule has 7 heteroatoms. The van der Waals surface area contributed by atoms with Crippen LogP contribution in [0.4, 0.5) is 17.8 Å². The van der Waals surface area contributed by atoms with Gasteiger partial charge in [-0.05, 0) is 25.8 Å². The second-order valence-electron chi connectivity index (χ2n) is 4.76. The molecule has 0 aliphatic rings. The van der Waals surface area contributed by atoms with E-state index in [2.05, 4.69) is 43.0 Å². The maximum absolute atomic E-state index is 4.44. The van der Waals surface area contributed by atoms with Crippen LogP contribution < -0.4 is 16.1 Å². The van der Waals surface area contributed by atoms with Crippen LogP contribution in [0.2, 0.25) is 0 Å². The van der Waals surface area contributed by atoms with E-state index in [1.807, 2.05) is 44.2 Å². The van der Waals surface area contributed by atoms with E-state index in [1.165, 1.54) is 0 Å². The number of benzene rings is 1. The van der Waals surface area contributed by atoms with Gasteiger partial charge in [-0.25, -0.2) is 5.43 Å². The van der Waals surface area contributed by atoms with Crippen LogP contribution in [0.1, 0.15) is 32.8 Å². The smallest absolute Gasteiger partial charge is 0.250 e. The maximum atomic E-state index is 4.44. The van der Waals surface area contributed by atoms with Gasteiger partial charge in [-0.3, -0.25) is 0 Å². The number of hydrogen-bond donors (Lipinski definition) is 3. The molecule has 2 rings (SSSR count). The SMILES string of the molecule is CCNc1nc(NCC)nc(N/N=C(\CC)c2ccccc2)n1. The molecule has 0 bridgehead atoms. The summed E-state index contributed by atoms with van der Waals surface area (Å²) in [6.45, 7) is 7.53. The third-order valence-corrected chi connectivity index (χ3v) is 3.04. The van der Waals surface area contributed by atoms with E-state index in [0.29, 0.717) is 17.8 Å². The van der Waals surface area contributed by atoms with E-state index < -0.39 is 0 Å². The highest BCUT2D eigenvalue weighted by molar-refractivity contribution is 6.00. The van der Waals surface area contributed by atoms with Crippen LogP contribution in [0.3, 0.4) is 0 Å². The topological polar surface area (TPSA) is 87.1 Å². The zero-order chi connectivity index (χ0) is 16.5. The monoisotopic (exact) mass is 313 g/mol. The van der Waals surface area contributed by atoms with Gasteiger partial charge in [0.05, 0.1) is 5.71 Å². The standard InChI is InChI=1S/C16H23N7/c1-4-13(12-10-8-7-9-11-12)22-23-16-20-14(17-5-2)19-15(21-16)18-6-3/h7-11H,4-6H2,1-3H3,(H3,17,18,19,20,21,23)/b22-13+. The third-order valence-electron chi connectivity index (χ3n) is 3.04. The molecule has 1 aromatic carbocycles. The Morgan fingerprint density at radius 3 is 1.96 bits per heavy atom. The van der Waals surface area contributed by atoms with Crippen LogP contribution in [-0.4, -0.2) is 33.8 Å². The van der Waals surface area contributed by atoms with Crippen LogP contribution in [0.25, 0.3) is 0 Å². The average Bonchev–Trinajstić information content (AvgIpc) is 2.57. The summed E-state index contributed by atoms with van der Waals surface area (Å²) >= 11 is 0. The highest BCUT2D eigenvalue weighted by Gasteiger charge is 2.06. The minimum Gasteiger partial charge on any atom is -0.354 e. The first-order valence-electron chi connectivity index (χ1n) is 7.88. The lowest BCUT2D eigenvalue weighted by Gasteiger charge is -2.09. The summed E-state index contributed by atoms with van der Waals surface area (Å²) < 4.78 is 0. The van der Waals surface area contributed by atoms with Gasteiger partial charge in [-0.15, -0.1) is 0 Å².